The van der Waals surface area contributed by atoms with Gasteiger partial charge in [0.15, 0.2) is 0 Å². The molecule has 1 fully saturated rings. The summed E-state index contributed by atoms with van der Waals surface area (Å²) in [6, 6.07) is 22.6. The molecule has 3 aromatic carbocycles. The zero-order valence-corrected chi connectivity index (χ0v) is 19.4. The van der Waals surface area contributed by atoms with Crippen LogP contribution < -0.4 is 9.64 Å². The SMILES string of the molecule is Cc1cccc(OCCn2c(C3CC(=O)N(c4cc(C)cc(C)c4)C3)nc3ccccc32)c1. The van der Waals surface area contributed by atoms with E-state index < -0.39 is 0 Å². The summed E-state index contributed by atoms with van der Waals surface area (Å²) in [6.45, 7) is 8.07. The van der Waals surface area contributed by atoms with Crippen molar-refractivity contribution >= 4 is 22.6 Å². The molecule has 0 bridgehead atoms. The number of anilines is 1. The second kappa shape index (κ2) is 8.74. The second-order valence-electron chi connectivity index (χ2n) is 9.03. The quantitative estimate of drug-likeness (QED) is 0.395. The van der Waals surface area contributed by atoms with Crippen molar-refractivity contribution in [1.82, 2.24) is 9.55 Å². The molecule has 0 radical (unpaired) electrons. The van der Waals surface area contributed by atoms with E-state index in [1.807, 2.05) is 41.3 Å². The van der Waals surface area contributed by atoms with E-state index in [1.54, 1.807) is 0 Å². The lowest BCUT2D eigenvalue weighted by atomic mass is 10.1. The van der Waals surface area contributed by atoms with Gasteiger partial charge in [0.05, 0.1) is 17.6 Å². The van der Waals surface area contributed by atoms with Gasteiger partial charge in [0.1, 0.15) is 18.2 Å². The number of imidazole rings is 1. The molecule has 1 aliphatic rings. The number of ether oxygens (including phenoxy) is 1. The fraction of sp³-hybridized carbons (Fsp3) is 0.286. The Balaban J connectivity index is 1.41. The van der Waals surface area contributed by atoms with E-state index in [4.69, 9.17) is 9.72 Å². The molecule has 1 unspecified atom stereocenters. The zero-order valence-electron chi connectivity index (χ0n) is 19.4. The molecule has 1 atom stereocenters. The van der Waals surface area contributed by atoms with Gasteiger partial charge in [-0.2, -0.15) is 0 Å². The van der Waals surface area contributed by atoms with Gasteiger partial charge in [0.25, 0.3) is 0 Å². The number of aryl methyl sites for hydroxylation is 3. The molecule has 5 rings (SSSR count). The molecule has 0 aliphatic carbocycles. The lowest BCUT2D eigenvalue weighted by Gasteiger charge is -2.19. The molecule has 5 heteroatoms. The molecule has 0 spiro atoms. The molecule has 2 heterocycles. The fourth-order valence-electron chi connectivity index (χ4n) is 4.84. The van der Waals surface area contributed by atoms with Gasteiger partial charge >= 0.3 is 0 Å². The smallest absolute Gasteiger partial charge is 0.227 e. The Morgan fingerprint density at radius 2 is 1.73 bits per heavy atom. The van der Waals surface area contributed by atoms with Crippen molar-refractivity contribution in [2.75, 3.05) is 18.1 Å². The Kier molecular flexibility index (Phi) is 5.63. The highest BCUT2D eigenvalue weighted by molar-refractivity contribution is 5.96. The van der Waals surface area contributed by atoms with E-state index in [0.29, 0.717) is 26.1 Å². The van der Waals surface area contributed by atoms with Gasteiger partial charge in [0, 0.05) is 24.6 Å². The van der Waals surface area contributed by atoms with Crippen molar-refractivity contribution in [3.63, 3.8) is 0 Å². The van der Waals surface area contributed by atoms with Crippen LogP contribution in [0.15, 0.2) is 66.7 Å². The normalized spacial score (nSPS) is 16.0. The zero-order chi connectivity index (χ0) is 22.9. The maximum absolute atomic E-state index is 13.0. The van der Waals surface area contributed by atoms with Crippen LogP contribution in [0.1, 0.15) is 34.9 Å². The molecule has 168 valence electrons. The number of hydrogen-bond donors (Lipinski definition) is 0. The Labute approximate surface area is 194 Å². The summed E-state index contributed by atoms with van der Waals surface area (Å²) < 4.78 is 8.27. The number of para-hydroxylation sites is 2. The highest BCUT2D eigenvalue weighted by atomic mass is 16.5. The number of rotatable bonds is 6. The molecular weight excluding hydrogens is 410 g/mol. The lowest BCUT2D eigenvalue weighted by molar-refractivity contribution is -0.117. The number of carbonyl (C=O) groups excluding carboxylic acids is 1. The molecule has 33 heavy (non-hydrogen) atoms. The molecule has 5 nitrogen and oxygen atoms in total. The van der Waals surface area contributed by atoms with E-state index in [9.17, 15) is 4.79 Å². The van der Waals surface area contributed by atoms with Gasteiger partial charge in [-0.1, -0.05) is 30.3 Å². The third-order valence-electron chi connectivity index (χ3n) is 6.27. The van der Waals surface area contributed by atoms with Gasteiger partial charge in [0.2, 0.25) is 5.91 Å². The van der Waals surface area contributed by atoms with E-state index in [2.05, 4.69) is 55.7 Å². The van der Waals surface area contributed by atoms with Crippen LogP contribution in [-0.2, 0) is 11.3 Å². The van der Waals surface area contributed by atoms with Gasteiger partial charge in [-0.15, -0.1) is 0 Å². The highest BCUT2D eigenvalue weighted by Crippen LogP contribution is 2.34. The molecule has 0 N–H and O–H groups in total. The summed E-state index contributed by atoms with van der Waals surface area (Å²) >= 11 is 0. The summed E-state index contributed by atoms with van der Waals surface area (Å²) in [4.78, 5) is 19.9. The number of hydrogen-bond acceptors (Lipinski definition) is 3. The van der Waals surface area contributed by atoms with Crippen molar-refractivity contribution < 1.29 is 9.53 Å². The van der Waals surface area contributed by atoms with Gasteiger partial charge in [-0.05, 0) is 73.9 Å². The third kappa shape index (κ3) is 4.36. The molecule has 1 aromatic heterocycles. The van der Waals surface area contributed by atoms with E-state index in [-0.39, 0.29) is 11.8 Å². The Morgan fingerprint density at radius 3 is 2.52 bits per heavy atom. The number of carbonyl (C=O) groups is 1. The minimum atomic E-state index is 0.0460. The molecule has 4 aromatic rings. The van der Waals surface area contributed by atoms with Gasteiger partial charge < -0.3 is 14.2 Å². The first kappa shape index (κ1) is 21.3. The number of benzene rings is 3. The number of amides is 1. The van der Waals surface area contributed by atoms with Crippen molar-refractivity contribution in [3.05, 3.63) is 89.2 Å². The lowest BCUT2D eigenvalue weighted by Crippen LogP contribution is -2.25. The number of nitrogens with zero attached hydrogens (tertiary/aromatic N) is 3. The maximum atomic E-state index is 13.0. The van der Waals surface area contributed by atoms with Crippen LogP contribution >= 0.6 is 0 Å². The Hall–Kier alpha value is -3.60. The molecule has 1 aliphatic heterocycles. The third-order valence-corrected chi connectivity index (χ3v) is 6.27. The molecule has 0 saturated carbocycles. The average Bonchev–Trinajstić information content (AvgIpc) is 3.34. The van der Waals surface area contributed by atoms with Crippen molar-refractivity contribution in [2.24, 2.45) is 0 Å². The minimum absolute atomic E-state index is 0.0460. The van der Waals surface area contributed by atoms with E-state index in [0.717, 1.165) is 28.3 Å². The standard InChI is InChI=1S/C28H29N3O2/c1-19-7-6-8-24(16-19)33-12-11-30-26-10-5-4-9-25(26)29-28(30)22-17-27(32)31(18-22)23-14-20(2)13-21(3)15-23/h4-10,13-16,22H,11-12,17-18H2,1-3H3. The molecule has 1 saturated heterocycles. The minimum Gasteiger partial charge on any atom is -0.492 e. The molecule has 1 amide bonds. The largest absolute Gasteiger partial charge is 0.492 e. The van der Waals surface area contributed by atoms with Crippen molar-refractivity contribution in [3.8, 4) is 5.75 Å². The first-order chi connectivity index (χ1) is 16.0. The first-order valence-electron chi connectivity index (χ1n) is 11.5. The van der Waals surface area contributed by atoms with Crippen LogP contribution in [0.4, 0.5) is 5.69 Å². The molecular formula is C28H29N3O2. The van der Waals surface area contributed by atoms with Gasteiger partial charge in [-0.3, -0.25) is 4.79 Å². The fourth-order valence-corrected chi connectivity index (χ4v) is 4.84. The summed E-state index contributed by atoms with van der Waals surface area (Å²) in [7, 11) is 0. The number of aromatic nitrogens is 2. The monoisotopic (exact) mass is 439 g/mol. The van der Waals surface area contributed by atoms with Gasteiger partial charge in [-0.25, -0.2) is 4.98 Å². The number of fused-ring (bicyclic) bond motifs is 1. The summed E-state index contributed by atoms with van der Waals surface area (Å²) in [6.07, 6.45) is 0.467. The van der Waals surface area contributed by atoms with Crippen LogP contribution in [0.2, 0.25) is 0 Å². The summed E-state index contributed by atoms with van der Waals surface area (Å²) in [5.74, 6) is 2.03. The highest BCUT2D eigenvalue weighted by Gasteiger charge is 2.35. The first-order valence-corrected chi connectivity index (χ1v) is 11.5. The van der Waals surface area contributed by atoms with Crippen molar-refractivity contribution in [1.29, 1.82) is 0 Å². The predicted molar refractivity (Wildman–Crippen MR) is 132 cm³/mol. The predicted octanol–water partition coefficient (Wildman–Crippen LogP) is 5.56. The van der Waals surface area contributed by atoms with Crippen LogP contribution in [0.25, 0.3) is 11.0 Å². The van der Waals surface area contributed by atoms with Crippen LogP contribution in [-0.4, -0.2) is 28.6 Å². The average molecular weight is 440 g/mol. The Morgan fingerprint density at radius 1 is 0.939 bits per heavy atom. The van der Waals surface area contributed by atoms with Crippen LogP contribution in [0.3, 0.4) is 0 Å². The topological polar surface area (TPSA) is 47.4 Å². The summed E-state index contributed by atoms with van der Waals surface area (Å²) in [5, 5.41) is 0. The Bertz CT molecular complexity index is 1300. The van der Waals surface area contributed by atoms with Crippen molar-refractivity contribution in [2.45, 2.75) is 39.7 Å². The summed E-state index contributed by atoms with van der Waals surface area (Å²) in [5.41, 5.74) is 6.53. The van der Waals surface area contributed by atoms with Crippen LogP contribution in [0, 0.1) is 20.8 Å². The maximum Gasteiger partial charge on any atom is 0.227 e. The van der Waals surface area contributed by atoms with E-state index >= 15 is 0 Å². The van der Waals surface area contributed by atoms with Crippen LogP contribution in [0.5, 0.6) is 5.75 Å². The second-order valence-corrected chi connectivity index (χ2v) is 9.03. The van der Waals surface area contributed by atoms with E-state index in [1.165, 1.54) is 16.7 Å².